The van der Waals surface area contributed by atoms with Gasteiger partial charge in [0.2, 0.25) is 10.0 Å². The van der Waals surface area contributed by atoms with Crippen molar-refractivity contribution >= 4 is 10.0 Å². The van der Waals surface area contributed by atoms with Crippen LogP contribution in [0.15, 0.2) is 17.3 Å². The van der Waals surface area contributed by atoms with E-state index >= 15 is 0 Å². The molecular formula is C8H15N3O3S. The van der Waals surface area contributed by atoms with Crippen LogP contribution in [0, 0.1) is 0 Å². The van der Waals surface area contributed by atoms with E-state index in [1.54, 1.807) is 14.0 Å². The Labute approximate surface area is 89.0 Å². The monoisotopic (exact) mass is 233 g/mol. The minimum Gasteiger partial charge on any atom is -0.393 e. The number of hydrogen-bond donors (Lipinski definition) is 2. The molecule has 15 heavy (non-hydrogen) atoms. The van der Waals surface area contributed by atoms with Gasteiger partial charge in [-0.1, -0.05) is 0 Å². The topological polar surface area (TPSA) is 84.2 Å². The zero-order chi connectivity index (χ0) is 11.5. The highest BCUT2D eigenvalue weighted by atomic mass is 32.2. The Kier molecular flexibility index (Phi) is 3.83. The first kappa shape index (κ1) is 12.2. The molecule has 0 aromatic carbocycles. The second kappa shape index (κ2) is 4.73. The highest BCUT2D eigenvalue weighted by Crippen LogP contribution is 2.05. The number of sulfonamides is 1. The Morgan fingerprint density at radius 3 is 2.80 bits per heavy atom. The van der Waals surface area contributed by atoms with E-state index in [2.05, 4.69) is 9.82 Å². The molecule has 2 N–H and O–H groups in total. The lowest BCUT2D eigenvalue weighted by Gasteiger charge is -2.05. The maximum atomic E-state index is 11.6. The molecule has 0 radical (unpaired) electrons. The maximum absolute atomic E-state index is 11.6. The fourth-order valence-corrected chi connectivity index (χ4v) is 2.05. The average molecular weight is 233 g/mol. The first-order valence-electron chi connectivity index (χ1n) is 4.58. The van der Waals surface area contributed by atoms with Gasteiger partial charge < -0.3 is 5.11 Å². The molecule has 0 aliphatic rings. The van der Waals surface area contributed by atoms with Crippen LogP contribution < -0.4 is 4.72 Å². The van der Waals surface area contributed by atoms with Crippen molar-refractivity contribution in [1.82, 2.24) is 14.5 Å². The normalized spacial score (nSPS) is 14.1. The van der Waals surface area contributed by atoms with Gasteiger partial charge >= 0.3 is 0 Å². The van der Waals surface area contributed by atoms with Crippen LogP contribution in [0.3, 0.4) is 0 Å². The van der Waals surface area contributed by atoms with Crippen molar-refractivity contribution in [2.45, 2.75) is 24.3 Å². The average Bonchev–Trinajstić information content (AvgIpc) is 2.51. The number of hydrogen-bond acceptors (Lipinski definition) is 4. The van der Waals surface area contributed by atoms with Crippen molar-refractivity contribution in [2.75, 3.05) is 6.54 Å². The maximum Gasteiger partial charge on any atom is 0.243 e. The summed E-state index contributed by atoms with van der Waals surface area (Å²) in [6.07, 6.45) is 2.58. The van der Waals surface area contributed by atoms with E-state index < -0.39 is 16.1 Å². The molecule has 1 unspecified atom stereocenters. The van der Waals surface area contributed by atoms with Crippen molar-refractivity contribution in [3.05, 3.63) is 12.4 Å². The second-order valence-electron chi connectivity index (χ2n) is 3.39. The fraction of sp³-hybridized carbons (Fsp3) is 0.625. The molecule has 1 atom stereocenters. The second-order valence-corrected chi connectivity index (χ2v) is 5.15. The number of aromatic nitrogens is 2. The lowest BCUT2D eigenvalue weighted by molar-refractivity contribution is 0.186. The molecule has 1 aromatic heterocycles. The third kappa shape index (κ3) is 3.61. The number of nitrogens with zero attached hydrogens (tertiary/aromatic N) is 2. The van der Waals surface area contributed by atoms with Crippen molar-refractivity contribution in [3.8, 4) is 0 Å². The molecule has 86 valence electrons. The van der Waals surface area contributed by atoms with Crippen LogP contribution >= 0.6 is 0 Å². The molecule has 0 aliphatic carbocycles. The van der Waals surface area contributed by atoms with Crippen molar-refractivity contribution in [2.24, 2.45) is 7.05 Å². The first-order chi connectivity index (χ1) is 6.92. The van der Waals surface area contributed by atoms with Gasteiger partial charge in [0.05, 0.1) is 12.3 Å². The van der Waals surface area contributed by atoms with Gasteiger partial charge in [-0.2, -0.15) is 5.10 Å². The number of rotatable bonds is 5. The summed E-state index contributed by atoms with van der Waals surface area (Å²) in [7, 11) is -1.83. The van der Waals surface area contributed by atoms with Gasteiger partial charge in [-0.3, -0.25) is 4.68 Å². The predicted octanol–water partition coefficient (Wildman–Crippen LogP) is -0.531. The zero-order valence-electron chi connectivity index (χ0n) is 8.71. The van der Waals surface area contributed by atoms with Gasteiger partial charge in [0.25, 0.3) is 0 Å². The number of aryl methyl sites for hydroxylation is 1. The van der Waals surface area contributed by atoms with E-state index in [1.807, 2.05) is 0 Å². The standard InChI is InChI=1S/C8H15N3O3S/c1-7(12)3-4-10-15(13,14)8-5-9-11(2)6-8/h5-7,10,12H,3-4H2,1-2H3. The first-order valence-corrected chi connectivity index (χ1v) is 6.06. The third-order valence-electron chi connectivity index (χ3n) is 1.85. The van der Waals surface area contributed by atoms with Crippen LogP contribution in [0.2, 0.25) is 0 Å². The van der Waals surface area contributed by atoms with Crippen molar-refractivity contribution < 1.29 is 13.5 Å². The lowest BCUT2D eigenvalue weighted by atomic mass is 10.3. The zero-order valence-corrected chi connectivity index (χ0v) is 9.53. The van der Waals surface area contributed by atoms with Crippen LogP contribution in [0.4, 0.5) is 0 Å². The molecule has 0 aliphatic heterocycles. The Balaban J connectivity index is 2.60. The van der Waals surface area contributed by atoms with Crippen LogP contribution in [0.5, 0.6) is 0 Å². The lowest BCUT2D eigenvalue weighted by Crippen LogP contribution is -2.26. The van der Waals surface area contributed by atoms with Crippen molar-refractivity contribution in [1.29, 1.82) is 0 Å². The van der Waals surface area contributed by atoms with Gasteiger partial charge in [-0.25, -0.2) is 13.1 Å². The van der Waals surface area contributed by atoms with Gasteiger partial charge in [-0.15, -0.1) is 0 Å². The summed E-state index contributed by atoms with van der Waals surface area (Å²) < 4.78 is 27.0. The van der Waals surface area contributed by atoms with Crippen molar-refractivity contribution in [3.63, 3.8) is 0 Å². The van der Waals surface area contributed by atoms with E-state index in [-0.39, 0.29) is 11.4 Å². The molecule has 1 heterocycles. The molecule has 7 heteroatoms. The molecule has 1 rings (SSSR count). The molecule has 6 nitrogen and oxygen atoms in total. The Morgan fingerprint density at radius 1 is 1.67 bits per heavy atom. The number of aliphatic hydroxyl groups excluding tert-OH is 1. The minimum absolute atomic E-state index is 0.135. The third-order valence-corrected chi connectivity index (χ3v) is 3.26. The molecular weight excluding hydrogens is 218 g/mol. The largest absolute Gasteiger partial charge is 0.393 e. The summed E-state index contributed by atoms with van der Waals surface area (Å²) in [5, 5.41) is 12.7. The van der Waals surface area contributed by atoms with E-state index in [0.29, 0.717) is 6.42 Å². The van der Waals surface area contributed by atoms with Crippen LogP contribution in [-0.4, -0.2) is 36.0 Å². The van der Waals surface area contributed by atoms with Crippen LogP contribution in [-0.2, 0) is 17.1 Å². The van der Waals surface area contributed by atoms with E-state index in [1.165, 1.54) is 17.1 Å². The quantitative estimate of drug-likeness (QED) is 0.716. The highest BCUT2D eigenvalue weighted by molar-refractivity contribution is 7.89. The van der Waals surface area contributed by atoms with Gasteiger partial charge in [0.15, 0.2) is 0 Å². The molecule has 0 saturated carbocycles. The highest BCUT2D eigenvalue weighted by Gasteiger charge is 2.15. The summed E-state index contributed by atoms with van der Waals surface area (Å²) in [6.45, 7) is 1.83. The minimum atomic E-state index is -3.48. The SMILES string of the molecule is CC(O)CCNS(=O)(=O)c1cnn(C)c1. The molecule has 0 fully saturated rings. The van der Waals surface area contributed by atoms with Crippen LogP contribution in [0.1, 0.15) is 13.3 Å². The summed E-state index contributed by atoms with van der Waals surface area (Å²) >= 11 is 0. The molecule has 0 spiro atoms. The fourth-order valence-electron chi connectivity index (χ4n) is 1.02. The predicted molar refractivity (Wildman–Crippen MR) is 54.7 cm³/mol. The molecule has 0 amide bonds. The summed E-state index contributed by atoms with van der Waals surface area (Å²) in [5.74, 6) is 0. The Hall–Kier alpha value is -0.920. The summed E-state index contributed by atoms with van der Waals surface area (Å²) in [6, 6.07) is 0. The van der Waals surface area contributed by atoms with Gasteiger partial charge in [-0.05, 0) is 13.3 Å². The molecule has 1 aromatic rings. The smallest absolute Gasteiger partial charge is 0.243 e. The van der Waals surface area contributed by atoms with Gasteiger partial charge in [0, 0.05) is 19.8 Å². The number of aliphatic hydroxyl groups is 1. The Morgan fingerprint density at radius 2 is 2.33 bits per heavy atom. The summed E-state index contributed by atoms with van der Waals surface area (Å²) in [4.78, 5) is 0.135. The van der Waals surface area contributed by atoms with E-state index in [9.17, 15) is 8.42 Å². The van der Waals surface area contributed by atoms with E-state index in [4.69, 9.17) is 5.11 Å². The number of nitrogens with one attached hydrogen (secondary N) is 1. The Bertz CT molecular complexity index is 411. The van der Waals surface area contributed by atoms with Gasteiger partial charge in [0.1, 0.15) is 4.90 Å². The van der Waals surface area contributed by atoms with E-state index in [0.717, 1.165) is 0 Å². The van der Waals surface area contributed by atoms with Crippen LogP contribution in [0.25, 0.3) is 0 Å². The summed E-state index contributed by atoms with van der Waals surface area (Å²) in [5.41, 5.74) is 0. The molecule has 0 bridgehead atoms. The molecule has 0 saturated heterocycles.